The van der Waals surface area contributed by atoms with Gasteiger partial charge in [-0.3, -0.25) is 9.69 Å². The third kappa shape index (κ3) is 3.76. The number of carbonyl (C=O) groups is 1. The van der Waals surface area contributed by atoms with Crippen molar-refractivity contribution in [1.29, 1.82) is 0 Å². The van der Waals surface area contributed by atoms with Gasteiger partial charge >= 0.3 is 0 Å². The van der Waals surface area contributed by atoms with Crippen LogP contribution in [0.25, 0.3) is 0 Å². The van der Waals surface area contributed by atoms with E-state index in [0.29, 0.717) is 12.1 Å². The van der Waals surface area contributed by atoms with Crippen LogP contribution in [0.5, 0.6) is 0 Å². The summed E-state index contributed by atoms with van der Waals surface area (Å²) in [4.78, 5) is 13.4. The van der Waals surface area contributed by atoms with Gasteiger partial charge in [-0.25, -0.2) is 0 Å². The molecule has 16 heavy (non-hydrogen) atoms. The van der Waals surface area contributed by atoms with Crippen LogP contribution in [0, 0.1) is 5.92 Å². The minimum absolute atomic E-state index is 0.0597. The van der Waals surface area contributed by atoms with Gasteiger partial charge in [-0.1, -0.05) is 13.8 Å². The van der Waals surface area contributed by atoms with Gasteiger partial charge in [-0.2, -0.15) is 0 Å². The Morgan fingerprint density at radius 2 is 1.94 bits per heavy atom. The molecule has 1 fully saturated rings. The van der Waals surface area contributed by atoms with Crippen molar-refractivity contribution < 1.29 is 4.79 Å². The van der Waals surface area contributed by atoms with Crippen LogP contribution in [0.3, 0.4) is 0 Å². The van der Waals surface area contributed by atoms with Gasteiger partial charge in [-0.05, 0) is 32.2 Å². The molecule has 0 aromatic rings. The van der Waals surface area contributed by atoms with Gasteiger partial charge in [0.15, 0.2) is 0 Å². The molecule has 94 valence electrons. The molecule has 4 nitrogen and oxygen atoms in total. The van der Waals surface area contributed by atoms with E-state index in [0.717, 1.165) is 38.8 Å². The fourth-order valence-corrected chi connectivity index (χ4v) is 2.44. The van der Waals surface area contributed by atoms with Gasteiger partial charge in [-0.15, -0.1) is 0 Å². The molecular formula is C12H25N3O. The Morgan fingerprint density at radius 3 is 2.38 bits per heavy atom. The lowest BCUT2D eigenvalue weighted by Gasteiger charge is -2.36. The first-order chi connectivity index (χ1) is 7.54. The van der Waals surface area contributed by atoms with Crippen LogP contribution in [0.15, 0.2) is 0 Å². The first-order valence-electron chi connectivity index (χ1n) is 6.33. The van der Waals surface area contributed by atoms with Crippen LogP contribution in [-0.4, -0.2) is 36.0 Å². The SMILES string of the molecule is CCN(CC(C)C(N)=O)C1CCC(N)CC1. The minimum Gasteiger partial charge on any atom is -0.369 e. The summed E-state index contributed by atoms with van der Waals surface area (Å²) < 4.78 is 0. The molecule has 1 saturated carbocycles. The first kappa shape index (κ1) is 13.5. The van der Waals surface area contributed by atoms with Gasteiger partial charge in [0.05, 0.1) is 0 Å². The largest absolute Gasteiger partial charge is 0.369 e. The predicted molar refractivity (Wildman–Crippen MR) is 65.8 cm³/mol. The lowest BCUT2D eigenvalue weighted by molar-refractivity contribution is -0.122. The highest BCUT2D eigenvalue weighted by atomic mass is 16.1. The highest BCUT2D eigenvalue weighted by molar-refractivity contribution is 5.76. The van der Waals surface area contributed by atoms with E-state index in [9.17, 15) is 4.79 Å². The summed E-state index contributed by atoms with van der Waals surface area (Å²) in [6.07, 6.45) is 4.51. The monoisotopic (exact) mass is 227 g/mol. The van der Waals surface area contributed by atoms with E-state index in [-0.39, 0.29) is 11.8 Å². The number of hydrogen-bond acceptors (Lipinski definition) is 3. The number of hydrogen-bond donors (Lipinski definition) is 2. The summed E-state index contributed by atoms with van der Waals surface area (Å²) in [5.41, 5.74) is 11.2. The second-order valence-corrected chi connectivity index (χ2v) is 4.96. The van der Waals surface area contributed by atoms with Crippen LogP contribution in [0.4, 0.5) is 0 Å². The van der Waals surface area contributed by atoms with Crippen molar-refractivity contribution in [3.05, 3.63) is 0 Å². The predicted octanol–water partition coefficient (Wildman–Crippen LogP) is 0.700. The first-order valence-corrected chi connectivity index (χ1v) is 6.33. The molecule has 0 heterocycles. The van der Waals surface area contributed by atoms with Crippen molar-refractivity contribution in [3.63, 3.8) is 0 Å². The van der Waals surface area contributed by atoms with Crippen molar-refractivity contribution >= 4 is 5.91 Å². The Kier molecular flexibility index (Phi) is 5.22. The van der Waals surface area contributed by atoms with Gasteiger partial charge in [0.25, 0.3) is 0 Å². The van der Waals surface area contributed by atoms with Crippen molar-refractivity contribution in [3.8, 4) is 0 Å². The molecule has 0 saturated heterocycles. The molecule has 4 heteroatoms. The van der Waals surface area contributed by atoms with Gasteiger partial charge < -0.3 is 11.5 Å². The molecule has 1 atom stereocenters. The van der Waals surface area contributed by atoms with Crippen molar-refractivity contribution in [2.45, 2.75) is 51.6 Å². The lowest BCUT2D eigenvalue weighted by atomic mass is 9.90. The Hall–Kier alpha value is -0.610. The molecule has 0 aromatic heterocycles. The number of nitrogens with zero attached hydrogens (tertiary/aromatic N) is 1. The maximum absolute atomic E-state index is 11.1. The highest BCUT2D eigenvalue weighted by Crippen LogP contribution is 2.22. The fraction of sp³-hybridized carbons (Fsp3) is 0.917. The second kappa shape index (κ2) is 6.21. The van der Waals surface area contributed by atoms with Crippen LogP contribution >= 0.6 is 0 Å². The molecule has 4 N–H and O–H groups in total. The molecule has 1 aliphatic rings. The standard InChI is InChI=1S/C12H25N3O/c1-3-15(8-9(2)12(14)16)11-6-4-10(13)5-7-11/h9-11H,3-8,13H2,1-2H3,(H2,14,16). The number of amides is 1. The quantitative estimate of drug-likeness (QED) is 0.726. The zero-order chi connectivity index (χ0) is 12.1. The molecule has 0 radical (unpaired) electrons. The number of primary amides is 1. The smallest absolute Gasteiger partial charge is 0.221 e. The van der Waals surface area contributed by atoms with E-state index in [4.69, 9.17) is 11.5 Å². The van der Waals surface area contributed by atoms with Gasteiger partial charge in [0.2, 0.25) is 5.91 Å². The molecule has 1 aliphatic carbocycles. The Labute approximate surface area is 98.3 Å². The van der Waals surface area contributed by atoms with E-state index in [1.165, 1.54) is 0 Å². The number of rotatable bonds is 5. The zero-order valence-corrected chi connectivity index (χ0v) is 10.5. The van der Waals surface area contributed by atoms with Crippen molar-refractivity contribution in [1.82, 2.24) is 4.90 Å². The Morgan fingerprint density at radius 1 is 1.38 bits per heavy atom. The number of nitrogens with two attached hydrogens (primary N) is 2. The third-order valence-electron chi connectivity index (χ3n) is 3.66. The summed E-state index contributed by atoms with van der Waals surface area (Å²) in [6.45, 7) is 5.81. The van der Waals surface area contributed by atoms with E-state index in [1.807, 2.05) is 6.92 Å². The summed E-state index contributed by atoms with van der Waals surface area (Å²) in [7, 11) is 0. The Balaban J connectivity index is 2.44. The molecule has 1 amide bonds. The summed E-state index contributed by atoms with van der Waals surface area (Å²) in [5, 5.41) is 0. The molecule has 0 aliphatic heterocycles. The van der Waals surface area contributed by atoms with E-state index in [1.54, 1.807) is 0 Å². The molecule has 0 bridgehead atoms. The number of carbonyl (C=O) groups excluding carboxylic acids is 1. The maximum Gasteiger partial charge on any atom is 0.221 e. The van der Waals surface area contributed by atoms with Crippen LogP contribution in [-0.2, 0) is 4.79 Å². The molecule has 1 rings (SSSR count). The molecular weight excluding hydrogens is 202 g/mol. The van der Waals surface area contributed by atoms with Gasteiger partial charge in [0.1, 0.15) is 0 Å². The highest BCUT2D eigenvalue weighted by Gasteiger charge is 2.25. The third-order valence-corrected chi connectivity index (χ3v) is 3.66. The van der Waals surface area contributed by atoms with Crippen LogP contribution in [0.2, 0.25) is 0 Å². The average Bonchev–Trinajstić information content (AvgIpc) is 2.26. The molecule has 0 aromatic carbocycles. The molecule has 0 spiro atoms. The summed E-state index contributed by atoms with van der Waals surface area (Å²) >= 11 is 0. The van der Waals surface area contributed by atoms with Gasteiger partial charge in [0, 0.05) is 24.5 Å². The summed E-state index contributed by atoms with van der Waals surface area (Å²) in [5.74, 6) is -0.262. The fourth-order valence-electron chi connectivity index (χ4n) is 2.44. The average molecular weight is 227 g/mol. The van der Waals surface area contributed by atoms with Crippen LogP contribution in [0.1, 0.15) is 39.5 Å². The normalized spacial score (nSPS) is 28.0. The Bertz CT molecular complexity index is 224. The van der Waals surface area contributed by atoms with E-state index >= 15 is 0 Å². The van der Waals surface area contributed by atoms with Crippen LogP contribution < -0.4 is 11.5 Å². The zero-order valence-electron chi connectivity index (χ0n) is 10.5. The maximum atomic E-state index is 11.1. The van der Waals surface area contributed by atoms with Crippen molar-refractivity contribution in [2.24, 2.45) is 17.4 Å². The van der Waals surface area contributed by atoms with E-state index in [2.05, 4.69) is 11.8 Å². The topological polar surface area (TPSA) is 72.3 Å². The second-order valence-electron chi connectivity index (χ2n) is 4.96. The molecule has 1 unspecified atom stereocenters. The van der Waals surface area contributed by atoms with E-state index < -0.39 is 0 Å². The lowest BCUT2D eigenvalue weighted by Crippen LogP contribution is -2.44. The minimum atomic E-state index is -0.203. The van der Waals surface area contributed by atoms with Crippen molar-refractivity contribution in [2.75, 3.05) is 13.1 Å². The summed E-state index contributed by atoms with van der Waals surface area (Å²) in [6, 6.07) is 0.968.